The van der Waals surface area contributed by atoms with Gasteiger partial charge in [0.2, 0.25) is 5.91 Å². The lowest BCUT2D eigenvalue weighted by Gasteiger charge is -2.32. The van der Waals surface area contributed by atoms with Crippen LogP contribution >= 0.6 is 0 Å². The molecule has 1 unspecified atom stereocenters. The second kappa shape index (κ2) is 7.80. The Bertz CT molecular complexity index is 1240. The SMILES string of the molecule is Cc1cc2nc(C)c(CCC(=O)N3CCCC(c4nc5ccccc5[nH]4)C3)c(C)n2n1. The summed E-state index contributed by atoms with van der Waals surface area (Å²) >= 11 is 0. The number of amides is 1. The zero-order chi connectivity index (χ0) is 21.5. The van der Waals surface area contributed by atoms with E-state index in [1.54, 1.807) is 0 Å². The van der Waals surface area contributed by atoms with Crippen molar-refractivity contribution in [3.63, 3.8) is 0 Å². The summed E-state index contributed by atoms with van der Waals surface area (Å²) in [5.41, 5.74) is 7.04. The summed E-state index contributed by atoms with van der Waals surface area (Å²) in [6, 6.07) is 10.1. The lowest BCUT2D eigenvalue weighted by Crippen LogP contribution is -2.39. The van der Waals surface area contributed by atoms with Crippen LogP contribution in [0.1, 0.15) is 53.7 Å². The van der Waals surface area contributed by atoms with E-state index in [-0.39, 0.29) is 11.8 Å². The van der Waals surface area contributed by atoms with Crippen LogP contribution in [0.5, 0.6) is 0 Å². The number of para-hydroxylation sites is 2. The summed E-state index contributed by atoms with van der Waals surface area (Å²) in [5.74, 6) is 1.46. The van der Waals surface area contributed by atoms with Crippen LogP contribution in [0.4, 0.5) is 0 Å². The largest absolute Gasteiger partial charge is 0.342 e. The summed E-state index contributed by atoms with van der Waals surface area (Å²) in [7, 11) is 0. The van der Waals surface area contributed by atoms with Gasteiger partial charge in [0.05, 0.1) is 16.7 Å². The van der Waals surface area contributed by atoms with Crippen LogP contribution in [0.2, 0.25) is 0 Å². The molecule has 7 heteroatoms. The first-order valence-electron chi connectivity index (χ1n) is 11.0. The van der Waals surface area contributed by atoms with Crippen LogP contribution in [0.3, 0.4) is 0 Å². The van der Waals surface area contributed by atoms with Crippen molar-refractivity contribution in [1.82, 2.24) is 29.5 Å². The number of piperidine rings is 1. The monoisotopic (exact) mass is 416 g/mol. The number of benzene rings is 1. The number of imidazole rings is 1. The Hall–Kier alpha value is -3.22. The fraction of sp³-hybridized carbons (Fsp3) is 0.417. The number of likely N-dealkylation sites (tertiary alicyclic amines) is 1. The van der Waals surface area contributed by atoms with Gasteiger partial charge in [0.1, 0.15) is 5.82 Å². The van der Waals surface area contributed by atoms with Gasteiger partial charge in [-0.05, 0) is 57.7 Å². The molecule has 1 fully saturated rings. The molecule has 4 aromatic rings. The number of aromatic amines is 1. The van der Waals surface area contributed by atoms with Gasteiger partial charge in [-0.2, -0.15) is 5.10 Å². The lowest BCUT2D eigenvalue weighted by molar-refractivity contribution is -0.132. The summed E-state index contributed by atoms with van der Waals surface area (Å²) in [5, 5.41) is 4.54. The highest BCUT2D eigenvalue weighted by Gasteiger charge is 2.27. The molecule has 0 saturated carbocycles. The molecular formula is C24H28N6O. The van der Waals surface area contributed by atoms with Crippen LogP contribution in [0, 0.1) is 20.8 Å². The number of fused-ring (bicyclic) bond motifs is 2. The number of aromatic nitrogens is 5. The Balaban J connectivity index is 1.29. The Morgan fingerprint density at radius 2 is 2.03 bits per heavy atom. The maximum atomic E-state index is 13.1. The predicted octanol–water partition coefficient (Wildman–Crippen LogP) is 3.87. The second-order valence-electron chi connectivity index (χ2n) is 8.63. The summed E-state index contributed by atoms with van der Waals surface area (Å²) in [4.78, 5) is 28.0. The van der Waals surface area contributed by atoms with Gasteiger partial charge in [0.15, 0.2) is 5.65 Å². The number of H-pyrrole nitrogens is 1. The molecule has 1 atom stereocenters. The molecule has 0 bridgehead atoms. The Kier molecular flexibility index (Phi) is 4.96. The molecule has 4 heterocycles. The Morgan fingerprint density at radius 3 is 2.87 bits per heavy atom. The van der Waals surface area contributed by atoms with E-state index in [1.807, 2.05) is 53.6 Å². The molecule has 0 spiro atoms. The number of carbonyl (C=O) groups excluding carboxylic acids is 1. The quantitative estimate of drug-likeness (QED) is 0.548. The highest BCUT2D eigenvalue weighted by atomic mass is 16.2. The third kappa shape index (κ3) is 3.69. The first-order valence-corrected chi connectivity index (χ1v) is 11.0. The van der Waals surface area contributed by atoms with Crippen molar-refractivity contribution in [2.45, 2.75) is 52.4 Å². The number of rotatable bonds is 4. The standard InChI is InChI=1S/C24H28N6O/c1-15-13-22-25-16(2)19(17(3)30(22)28-15)10-11-23(31)29-12-6-7-18(14-29)24-26-20-8-4-5-9-21(20)27-24/h4-5,8-9,13,18H,6-7,10-12,14H2,1-3H3,(H,26,27). The van der Waals surface area contributed by atoms with Crippen molar-refractivity contribution >= 4 is 22.6 Å². The van der Waals surface area contributed by atoms with E-state index in [9.17, 15) is 4.79 Å². The minimum Gasteiger partial charge on any atom is -0.342 e. The van der Waals surface area contributed by atoms with E-state index in [2.05, 4.69) is 22.0 Å². The molecule has 1 aromatic carbocycles. The molecule has 5 rings (SSSR count). The maximum absolute atomic E-state index is 13.1. The van der Waals surface area contributed by atoms with Gasteiger partial charge in [0.25, 0.3) is 0 Å². The number of hydrogen-bond acceptors (Lipinski definition) is 4. The Labute approximate surface area is 181 Å². The first-order chi connectivity index (χ1) is 15.0. The normalized spacial score (nSPS) is 17.0. The molecule has 1 saturated heterocycles. The number of carbonyl (C=O) groups is 1. The van der Waals surface area contributed by atoms with E-state index < -0.39 is 0 Å². The zero-order valence-corrected chi connectivity index (χ0v) is 18.4. The molecule has 1 amide bonds. The average Bonchev–Trinajstić information content (AvgIpc) is 3.36. The van der Waals surface area contributed by atoms with Crippen LogP contribution in [-0.4, -0.2) is 48.5 Å². The number of aryl methyl sites for hydroxylation is 3. The number of nitrogens with zero attached hydrogens (tertiary/aromatic N) is 5. The van der Waals surface area contributed by atoms with Crippen molar-refractivity contribution in [1.29, 1.82) is 0 Å². The predicted molar refractivity (Wildman–Crippen MR) is 120 cm³/mol. The van der Waals surface area contributed by atoms with Gasteiger partial charge in [-0.25, -0.2) is 14.5 Å². The van der Waals surface area contributed by atoms with Crippen molar-refractivity contribution in [2.24, 2.45) is 0 Å². The van der Waals surface area contributed by atoms with E-state index in [4.69, 9.17) is 4.98 Å². The first kappa shape index (κ1) is 19.7. The highest BCUT2D eigenvalue weighted by Crippen LogP contribution is 2.27. The molecule has 3 aromatic heterocycles. The second-order valence-corrected chi connectivity index (χ2v) is 8.63. The number of hydrogen-bond donors (Lipinski definition) is 1. The molecule has 0 aliphatic carbocycles. The van der Waals surface area contributed by atoms with Crippen molar-refractivity contribution < 1.29 is 4.79 Å². The molecule has 7 nitrogen and oxygen atoms in total. The van der Waals surface area contributed by atoms with Crippen LogP contribution in [0.15, 0.2) is 30.3 Å². The summed E-state index contributed by atoms with van der Waals surface area (Å²) in [6.07, 6.45) is 3.23. The van der Waals surface area contributed by atoms with Crippen molar-refractivity contribution in [3.8, 4) is 0 Å². The van der Waals surface area contributed by atoms with E-state index in [0.29, 0.717) is 12.8 Å². The smallest absolute Gasteiger partial charge is 0.222 e. The van der Waals surface area contributed by atoms with Gasteiger partial charge in [-0.1, -0.05) is 12.1 Å². The molecule has 0 radical (unpaired) electrons. The van der Waals surface area contributed by atoms with E-state index in [1.165, 1.54) is 0 Å². The average molecular weight is 417 g/mol. The van der Waals surface area contributed by atoms with Crippen LogP contribution in [-0.2, 0) is 11.2 Å². The summed E-state index contributed by atoms with van der Waals surface area (Å²) < 4.78 is 1.89. The van der Waals surface area contributed by atoms with Gasteiger partial charge in [-0.3, -0.25) is 4.79 Å². The molecular weight excluding hydrogens is 388 g/mol. The fourth-order valence-electron chi connectivity index (χ4n) is 4.79. The third-order valence-corrected chi connectivity index (χ3v) is 6.44. The molecule has 1 aliphatic rings. The van der Waals surface area contributed by atoms with Gasteiger partial charge < -0.3 is 9.88 Å². The van der Waals surface area contributed by atoms with Crippen LogP contribution in [0.25, 0.3) is 16.7 Å². The highest BCUT2D eigenvalue weighted by molar-refractivity contribution is 5.77. The summed E-state index contributed by atoms with van der Waals surface area (Å²) in [6.45, 7) is 7.61. The van der Waals surface area contributed by atoms with Gasteiger partial charge in [-0.15, -0.1) is 0 Å². The molecule has 31 heavy (non-hydrogen) atoms. The minimum absolute atomic E-state index is 0.205. The zero-order valence-electron chi connectivity index (χ0n) is 18.4. The molecule has 160 valence electrons. The number of nitrogens with one attached hydrogen (secondary N) is 1. The van der Waals surface area contributed by atoms with Gasteiger partial charge >= 0.3 is 0 Å². The van der Waals surface area contributed by atoms with E-state index in [0.717, 1.165) is 71.1 Å². The van der Waals surface area contributed by atoms with Gasteiger partial charge in [0, 0.05) is 42.9 Å². The third-order valence-electron chi connectivity index (χ3n) is 6.44. The minimum atomic E-state index is 0.205. The fourth-order valence-corrected chi connectivity index (χ4v) is 4.79. The lowest BCUT2D eigenvalue weighted by atomic mass is 9.96. The molecule has 1 N–H and O–H groups in total. The van der Waals surface area contributed by atoms with E-state index >= 15 is 0 Å². The maximum Gasteiger partial charge on any atom is 0.222 e. The van der Waals surface area contributed by atoms with Crippen molar-refractivity contribution in [2.75, 3.05) is 13.1 Å². The molecule has 1 aliphatic heterocycles. The van der Waals surface area contributed by atoms with Crippen molar-refractivity contribution in [3.05, 3.63) is 58.8 Å². The Morgan fingerprint density at radius 1 is 1.19 bits per heavy atom. The van der Waals surface area contributed by atoms with Crippen LogP contribution < -0.4 is 0 Å². The topological polar surface area (TPSA) is 79.2 Å².